The van der Waals surface area contributed by atoms with Crippen molar-refractivity contribution in [2.24, 2.45) is 12.8 Å². The molecular formula is C28H29FN4O3. The van der Waals surface area contributed by atoms with Gasteiger partial charge in [-0.05, 0) is 41.8 Å². The number of nitrogens with zero attached hydrogens (tertiary/aromatic N) is 2. The van der Waals surface area contributed by atoms with Gasteiger partial charge in [0.15, 0.2) is 0 Å². The summed E-state index contributed by atoms with van der Waals surface area (Å²) in [6, 6.07) is 19.5. The number of aromatic nitrogens is 2. The van der Waals surface area contributed by atoms with E-state index in [4.69, 9.17) is 10.5 Å². The smallest absolute Gasteiger partial charge is 0.307 e. The van der Waals surface area contributed by atoms with E-state index in [1.54, 1.807) is 54.1 Å². The number of rotatable bonds is 10. The van der Waals surface area contributed by atoms with Crippen LogP contribution in [-0.2, 0) is 31.4 Å². The first kappa shape index (κ1) is 24.9. The Morgan fingerprint density at radius 1 is 1.14 bits per heavy atom. The highest BCUT2D eigenvalue weighted by molar-refractivity contribution is 5.71. The molecule has 0 bridgehead atoms. The van der Waals surface area contributed by atoms with Crippen LogP contribution in [0.2, 0.25) is 0 Å². The molecule has 4 rings (SSSR count). The van der Waals surface area contributed by atoms with Crippen molar-refractivity contribution < 1.29 is 19.0 Å². The number of benzene rings is 3. The van der Waals surface area contributed by atoms with Crippen molar-refractivity contribution in [2.45, 2.75) is 32.5 Å². The molecule has 0 saturated carbocycles. The van der Waals surface area contributed by atoms with Crippen LogP contribution in [-0.4, -0.2) is 20.9 Å². The van der Waals surface area contributed by atoms with Gasteiger partial charge in [-0.2, -0.15) is 5.10 Å². The summed E-state index contributed by atoms with van der Waals surface area (Å²) in [6.45, 7) is 2.42. The van der Waals surface area contributed by atoms with E-state index < -0.39 is 12.0 Å². The van der Waals surface area contributed by atoms with Gasteiger partial charge in [-0.1, -0.05) is 42.5 Å². The van der Waals surface area contributed by atoms with Crippen molar-refractivity contribution in [3.63, 3.8) is 0 Å². The molecule has 0 aliphatic heterocycles. The maximum absolute atomic E-state index is 15.4. The molecule has 3 aromatic carbocycles. The number of nitrogens with one attached hydrogen (secondary N) is 1. The predicted octanol–water partition coefficient (Wildman–Crippen LogP) is 5.06. The van der Waals surface area contributed by atoms with Crippen LogP contribution in [0.5, 0.6) is 5.75 Å². The highest BCUT2D eigenvalue weighted by atomic mass is 19.1. The maximum atomic E-state index is 15.4. The molecule has 0 amide bonds. The largest absolute Gasteiger partial charge is 0.489 e. The van der Waals surface area contributed by atoms with Gasteiger partial charge in [-0.15, -0.1) is 0 Å². The lowest BCUT2D eigenvalue weighted by Crippen LogP contribution is -2.08. The maximum Gasteiger partial charge on any atom is 0.307 e. The normalized spacial score (nSPS) is 11.8. The zero-order chi connectivity index (χ0) is 25.7. The molecule has 4 aromatic rings. The van der Waals surface area contributed by atoms with Crippen molar-refractivity contribution in [1.82, 2.24) is 9.78 Å². The van der Waals surface area contributed by atoms with E-state index >= 15 is 4.39 Å². The fraction of sp³-hybridized carbons (Fsp3) is 0.214. The van der Waals surface area contributed by atoms with Crippen molar-refractivity contribution in [3.8, 4) is 16.9 Å². The minimum atomic E-state index is -0.930. The van der Waals surface area contributed by atoms with Crippen LogP contribution in [0.1, 0.15) is 35.2 Å². The molecule has 36 heavy (non-hydrogen) atoms. The Labute approximate surface area is 209 Å². The number of aryl methyl sites for hydroxylation is 1. The molecule has 0 spiro atoms. The molecule has 1 atom stereocenters. The number of hydrogen-bond donors (Lipinski definition) is 3. The van der Waals surface area contributed by atoms with E-state index in [9.17, 15) is 9.90 Å². The molecule has 1 aromatic heterocycles. The first-order valence-electron chi connectivity index (χ1n) is 11.6. The highest BCUT2D eigenvalue weighted by Crippen LogP contribution is 2.30. The SMILES string of the molecule is CC(N)c1cccc(-c2cc(CNc3ccn(C)n3)cc(COc3ccccc3CC(=O)O)c2)c1F. The number of anilines is 1. The third kappa shape index (κ3) is 6.09. The summed E-state index contributed by atoms with van der Waals surface area (Å²) in [5.74, 6) is -0.0431. The summed E-state index contributed by atoms with van der Waals surface area (Å²) in [7, 11) is 1.84. The minimum Gasteiger partial charge on any atom is -0.489 e. The van der Waals surface area contributed by atoms with Crippen LogP contribution in [0.3, 0.4) is 0 Å². The number of carboxylic acid groups (broad SMARTS) is 1. The van der Waals surface area contributed by atoms with E-state index in [-0.39, 0.29) is 18.8 Å². The Hall–Kier alpha value is -4.17. The molecule has 0 aliphatic carbocycles. The summed E-state index contributed by atoms with van der Waals surface area (Å²) in [6.07, 6.45) is 1.71. The van der Waals surface area contributed by atoms with Crippen LogP contribution in [0.25, 0.3) is 11.1 Å². The van der Waals surface area contributed by atoms with Gasteiger partial charge in [0, 0.05) is 48.6 Å². The molecule has 0 radical (unpaired) electrons. The monoisotopic (exact) mass is 488 g/mol. The second-order valence-electron chi connectivity index (χ2n) is 8.73. The molecule has 186 valence electrons. The van der Waals surface area contributed by atoms with Crippen molar-refractivity contribution in [2.75, 3.05) is 5.32 Å². The van der Waals surface area contributed by atoms with E-state index in [1.165, 1.54) is 0 Å². The second kappa shape index (κ2) is 11.0. The van der Waals surface area contributed by atoms with Gasteiger partial charge in [-0.25, -0.2) is 4.39 Å². The van der Waals surface area contributed by atoms with Crippen LogP contribution in [0.4, 0.5) is 10.2 Å². The third-order valence-electron chi connectivity index (χ3n) is 5.78. The lowest BCUT2D eigenvalue weighted by Gasteiger charge is -2.15. The number of hydrogen-bond acceptors (Lipinski definition) is 5. The molecule has 0 fully saturated rings. The van der Waals surface area contributed by atoms with E-state index in [2.05, 4.69) is 10.4 Å². The van der Waals surface area contributed by atoms with Crippen LogP contribution < -0.4 is 15.8 Å². The molecule has 4 N–H and O–H groups in total. The lowest BCUT2D eigenvalue weighted by atomic mass is 9.96. The number of para-hydroxylation sites is 1. The molecule has 1 unspecified atom stereocenters. The quantitative estimate of drug-likeness (QED) is 0.288. The number of nitrogens with two attached hydrogens (primary N) is 1. The van der Waals surface area contributed by atoms with Gasteiger partial charge in [0.25, 0.3) is 0 Å². The average molecular weight is 489 g/mol. The molecule has 0 saturated heterocycles. The Balaban J connectivity index is 1.66. The van der Waals surface area contributed by atoms with Gasteiger partial charge in [0.2, 0.25) is 0 Å². The summed E-state index contributed by atoms with van der Waals surface area (Å²) < 4.78 is 23.1. The first-order valence-corrected chi connectivity index (χ1v) is 11.6. The van der Waals surface area contributed by atoms with E-state index in [1.807, 2.05) is 37.5 Å². The first-order chi connectivity index (χ1) is 17.3. The zero-order valence-corrected chi connectivity index (χ0v) is 20.2. The molecule has 7 nitrogen and oxygen atoms in total. The Morgan fingerprint density at radius 3 is 2.64 bits per heavy atom. The fourth-order valence-electron chi connectivity index (χ4n) is 4.04. The molecule has 8 heteroatoms. The van der Waals surface area contributed by atoms with Crippen LogP contribution in [0, 0.1) is 5.82 Å². The Kier molecular flexibility index (Phi) is 7.65. The molecule has 1 heterocycles. The number of ether oxygens (including phenoxy) is 1. The standard InChI is InChI=1S/C28H29FN4O3/c1-18(30)23-7-5-8-24(28(23)29)22-13-19(16-31-26-10-11-33(2)32-26)12-20(14-22)17-36-25-9-4-3-6-21(25)15-27(34)35/h3-14,18H,15-17,30H2,1-2H3,(H,31,32)(H,34,35). The van der Waals surface area contributed by atoms with Crippen LogP contribution in [0.15, 0.2) is 72.9 Å². The summed E-state index contributed by atoms with van der Waals surface area (Å²) in [5.41, 5.74) is 9.91. The topological polar surface area (TPSA) is 102 Å². The molecule has 0 aliphatic rings. The van der Waals surface area contributed by atoms with Gasteiger partial charge < -0.3 is 20.9 Å². The average Bonchev–Trinajstić information content (AvgIpc) is 3.27. The van der Waals surface area contributed by atoms with Crippen molar-refractivity contribution in [1.29, 1.82) is 0 Å². The minimum absolute atomic E-state index is 0.134. The Bertz CT molecular complexity index is 1370. The number of carboxylic acids is 1. The highest BCUT2D eigenvalue weighted by Gasteiger charge is 2.15. The predicted molar refractivity (Wildman–Crippen MR) is 137 cm³/mol. The third-order valence-corrected chi connectivity index (χ3v) is 5.78. The Morgan fingerprint density at radius 2 is 1.92 bits per heavy atom. The summed E-state index contributed by atoms with van der Waals surface area (Å²) in [4.78, 5) is 11.2. The van der Waals surface area contributed by atoms with Gasteiger partial charge >= 0.3 is 5.97 Å². The molecular weight excluding hydrogens is 459 g/mol. The summed E-state index contributed by atoms with van der Waals surface area (Å²) in [5, 5.41) is 16.8. The van der Waals surface area contributed by atoms with Gasteiger partial charge in [-0.3, -0.25) is 9.48 Å². The summed E-state index contributed by atoms with van der Waals surface area (Å²) >= 11 is 0. The van der Waals surface area contributed by atoms with Gasteiger partial charge in [0.05, 0.1) is 6.42 Å². The fourth-order valence-corrected chi connectivity index (χ4v) is 4.04. The number of aliphatic carboxylic acids is 1. The van der Waals surface area contributed by atoms with Crippen molar-refractivity contribution in [3.05, 3.63) is 101 Å². The zero-order valence-electron chi connectivity index (χ0n) is 20.2. The van der Waals surface area contributed by atoms with Gasteiger partial charge in [0.1, 0.15) is 24.0 Å². The van der Waals surface area contributed by atoms with Crippen molar-refractivity contribution >= 4 is 11.8 Å². The van der Waals surface area contributed by atoms with E-state index in [0.29, 0.717) is 34.5 Å². The van der Waals surface area contributed by atoms with Crippen LogP contribution >= 0.6 is 0 Å². The van der Waals surface area contributed by atoms with E-state index in [0.717, 1.165) is 16.9 Å². The number of carbonyl (C=O) groups is 1. The lowest BCUT2D eigenvalue weighted by molar-refractivity contribution is -0.136. The number of halogens is 1. The second-order valence-corrected chi connectivity index (χ2v) is 8.73.